The Hall–Kier alpha value is -2.04. The maximum absolute atomic E-state index is 11.1. The van der Waals surface area contributed by atoms with E-state index in [1.807, 2.05) is 6.20 Å². The average molecular weight is 262 g/mol. The van der Waals surface area contributed by atoms with Crippen LogP contribution in [0.5, 0.6) is 5.75 Å². The predicted molar refractivity (Wildman–Crippen MR) is 74.2 cm³/mol. The molecule has 0 N–H and O–H groups in total. The fraction of sp³-hybridized carbons (Fsp3) is 0.429. The van der Waals surface area contributed by atoms with Gasteiger partial charge in [0.15, 0.2) is 0 Å². The summed E-state index contributed by atoms with van der Waals surface area (Å²) < 4.78 is 5.22. The first-order valence-corrected chi connectivity index (χ1v) is 6.37. The molecule has 5 nitrogen and oxygen atoms in total. The van der Waals surface area contributed by atoms with Crippen molar-refractivity contribution in [2.24, 2.45) is 0 Å². The first-order chi connectivity index (χ1) is 9.11. The Morgan fingerprint density at radius 3 is 2.63 bits per heavy atom. The topological polar surface area (TPSA) is 55.6 Å². The van der Waals surface area contributed by atoms with Crippen molar-refractivity contribution < 1.29 is 9.66 Å². The number of nitro benzene ring substituents is 1. The molecule has 2 rings (SSSR count). The van der Waals surface area contributed by atoms with Crippen molar-refractivity contribution >= 4 is 11.8 Å². The molecule has 1 aliphatic heterocycles. The molecular weight excluding hydrogens is 244 g/mol. The quantitative estimate of drug-likeness (QED) is 0.618. The molecule has 19 heavy (non-hydrogen) atoms. The molecule has 1 saturated heterocycles. The molecule has 0 radical (unpaired) electrons. The van der Waals surface area contributed by atoms with E-state index in [0.717, 1.165) is 18.7 Å². The highest BCUT2D eigenvalue weighted by molar-refractivity contribution is 5.64. The maximum Gasteiger partial charge on any atom is 0.277 e. The molecule has 0 amide bonds. The van der Waals surface area contributed by atoms with E-state index >= 15 is 0 Å². The smallest absolute Gasteiger partial charge is 0.277 e. The van der Waals surface area contributed by atoms with Crippen LogP contribution in [-0.2, 0) is 0 Å². The largest absolute Gasteiger partial charge is 0.496 e. The van der Waals surface area contributed by atoms with E-state index < -0.39 is 0 Å². The molecule has 1 aromatic carbocycles. The van der Waals surface area contributed by atoms with Gasteiger partial charge in [0.1, 0.15) is 5.75 Å². The molecule has 1 aromatic rings. The lowest BCUT2D eigenvalue weighted by Gasteiger charge is -2.11. The van der Waals surface area contributed by atoms with Crippen LogP contribution in [0, 0.1) is 17.0 Å². The predicted octanol–water partition coefficient (Wildman–Crippen LogP) is 2.98. The number of aryl methyl sites for hydroxylation is 1. The summed E-state index contributed by atoms with van der Waals surface area (Å²) in [7, 11) is 1.57. The van der Waals surface area contributed by atoms with Crippen molar-refractivity contribution in [3.63, 3.8) is 0 Å². The summed E-state index contributed by atoms with van der Waals surface area (Å²) in [6, 6.07) is 3.28. The zero-order chi connectivity index (χ0) is 13.8. The second kappa shape index (κ2) is 5.73. The second-order valence-corrected chi connectivity index (χ2v) is 4.70. The van der Waals surface area contributed by atoms with Gasteiger partial charge >= 0.3 is 0 Å². The van der Waals surface area contributed by atoms with Crippen LogP contribution in [0.15, 0.2) is 18.3 Å². The van der Waals surface area contributed by atoms with Gasteiger partial charge in [-0.1, -0.05) is 0 Å². The molecule has 102 valence electrons. The van der Waals surface area contributed by atoms with Crippen LogP contribution < -0.4 is 4.74 Å². The summed E-state index contributed by atoms with van der Waals surface area (Å²) in [6.07, 6.45) is 6.10. The normalized spacial score (nSPS) is 15.2. The van der Waals surface area contributed by atoms with Gasteiger partial charge < -0.3 is 9.64 Å². The van der Waals surface area contributed by atoms with Gasteiger partial charge in [0.05, 0.1) is 17.6 Å². The fourth-order valence-corrected chi connectivity index (χ4v) is 2.28. The third-order valence-corrected chi connectivity index (χ3v) is 3.35. The van der Waals surface area contributed by atoms with Crippen LogP contribution in [0.1, 0.15) is 24.0 Å². The van der Waals surface area contributed by atoms with Crippen LogP contribution in [0.4, 0.5) is 5.69 Å². The highest BCUT2D eigenvalue weighted by Crippen LogP contribution is 2.29. The first kappa shape index (κ1) is 13.4. The van der Waals surface area contributed by atoms with Crippen molar-refractivity contribution in [3.8, 4) is 5.75 Å². The van der Waals surface area contributed by atoms with Crippen molar-refractivity contribution in [1.82, 2.24) is 4.90 Å². The minimum Gasteiger partial charge on any atom is -0.496 e. The van der Waals surface area contributed by atoms with Crippen LogP contribution in [0.3, 0.4) is 0 Å². The van der Waals surface area contributed by atoms with Crippen LogP contribution >= 0.6 is 0 Å². The summed E-state index contributed by atoms with van der Waals surface area (Å²) in [5, 5.41) is 11.1. The third kappa shape index (κ3) is 3.05. The molecule has 0 bridgehead atoms. The summed E-state index contributed by atoms with van der Waals surface area (Å²) in [5.74, 6) is 0.673. The van der Waals surface area contributed by atoms with Crippen molar-refractivity contribution in [1.29, 1.82) is 0 Å². The standard InChI is InChI=1S/C14H18N2O3/c1-11-9-13(16(17)18)12(10-14(11)19-2)5-8-15-6-3-4-7-15/h5,8-10H,3-4,6-7H2,1-2H3/b8-5+. The SMILES string of the molecule is COc1cc(/C=C/N2CCCC2)c([N+](=O)[O-])cc1C. The maximum atomic E-state index is 11.1. The third-order valence-electron chi connectivity index (χ3n) is 3.35. The Labute approximate surface area is 112 Å². The molecule has 1 aliphatic rings. The van der Waals surface area contributed by atoms with E-state index in [1.165, 1.54) is 12.8 Å². The minimum absolute atomic E-state index is 0.119. The summed E-state index contributed by atoms with van der Waals surface area (Å²) in [4.78, 5) is 12.9. The lowest BCUT2D eigenvalue weighted by atomic mass is 10.1. The molecule has 0 aliphatic carbocycles. The number of likely N-dealkylation sites (tertiary alicyclic amines) is 1. The Bertz CT molecular complexity index is 506. The number of benzene rings is 1. The summed E-state index contributed by atoms with van der Waals surface area (Å²) in [6.45, 7) is 3.85. The summed E-state index contributed by atoms with van der Waals surface area (Å²) in [5.41, 5.74) is 1.47. The molecular formula is C14H18N2O3. The van der Waals surface area contributed by atoms with E-state index in [9.17, 15) is 10.1 Å². The van der Waals surface area contributed by atoms with Crippen molar-refractivity contribution in [2.45, 2.75) is 19.8 Å². The number of nitro groups is 1. The van der Waals surface area contributed by atoms with Gasteiger partial charge in [-0.05, 0) is 43.7 Å². The first-order valence-electron chi connectivity index (χ1n) is 6.37. The molecule has 5 heteroatoms. The van der Waals surface area contributed by atoms with E-state index in [4.69, 9.17) is 4.74 Å². The lowest BCUT2D eigenvalue weighted by Crippen LogP contribution is -2.10. The Kier molecular flexibility index (Phi) is 4.04. The fourth-order valence-electron chi connectivity index (χ4n) is 2.28. The minimum atomic E-state index is -0.351. The number of methoxy groups -OCH3 is 1. The Morgan fingerprint density at radius 2 is 2.05 bits per heavy atom. The molecule has 0 saturated carbocycles. The number of hydrogen-bond acceptors (Lipinski definition) is 4. The number of ether oxygens (including phenoxy) is 1. The van der Waals surface area contributed by atoms with Gasteiger partial charge in [0.25, 0.3) is 5.69 Å². The molecule has 0 aromatic heterocycles. The average Bonchev–Trinajstić information content (AvgIpc) is 2.89. The van der Waals surface area contributed by atoms with Gasteiger partial charge in [0, 0.05) is 19.2 Å². The number of rotatable bonds is 4. The highest BCUT2D eigenvalue weighted by atomic mass is 16.6. The number of hydrogen-bond donors (Lipinski definition) is 0. The van der Waals surface area contributed by atoms with Gasteiger partial charge in [-0.25, -0.2) is 0 Å². The zero-order valence-corrected chi connectivity index (χ0v) is 11.3. The molecule has 0 spiro atoms. The Morgan fingerprint density at radius 1 is 1.37 bits per heavy atom. The zero-order valence-electron chi connectivity index (χ0n) is 11.3. The van der Waals surface area contributed by atoms with Crippen LogP contribution in [0.25, 0.3) is 6.08 Å². The van der Waals surface area contributed by atoms with Gasteiger partial charge in [0.2, 0.25) is 0 Å². The van der Waals surface area contributed by atoms with E-state index in [1.54, 1.807) is 32.2 Å². The molecule has 0 atom stereocenters. The highest BCUT2D eigenvalue weighted by Gasteiger charge is 2.15. The van der Waals surface area contributed by atoms with Gasteiger partial charge in [-0.15, -0.1) is 0 Å². The van der Waals surface area contributed by atoms with Gasteiger partial charge in [-0.3, -0.25) is 10.1 Å². The van der Waals surface area contributed by atoms with E-state index in [-0.39, 0.29) is 10.6 Å². The van der Waals surface area contributed by atoms with Crippen LogP contribution in [-0.4, -0.2) is 30.0 Å². The van der Waals surface area contributed by atoms with E-state index in [0.29, 0.717) is 11.3 Å². The Balaban J connectivity index is 2.33. The second-order valence-electron chi connectivity index (χ2n) is 4.70. The summed E-state index contributed by atoms with van der Waals surface area (Å²) >= 11 is 0. The van der Waals surface area contributed by atoms with Crippen molar-refractivity contribution in [3.05, 3.63) is 39.6 Å². The molecule has 0 unspecified atom stereocenters. The lowest BCUT2D eigenvalue weighted by molar-refractivity contribution is -0.385. The van der Waals surface area contributed by atoms with Crippen LogP contribution in [0.2, 0.25) is 0 Å². The van der Waals surface area contributed by atoms with E-state index in [2.05, 4.69) is 4.90 Å². The van der Waals surface area contributed by atoms with Crippen molar-refractivity contribution in [2.75, 3.05) is 20.2 Å². The number of nitrogens with zero attached hydrogens (tertiary/aromatic N) is 2. The molecule has 1 heterocycles. The molecule has 1 fully saturated rings. The monoisotopic (exact) mass is 262 g/mol. The van der Waals surface area contributed by atoms with Gasteiger partial charge in [-0.2, -0.15) is 0 Å².